The van der Waals surface area contributed by atoms with Gasteiger partial charge in [-0.2, -0.15) is 0 Å². The highest BCUT2D eigenvalue weighted by Gasteiger charge is 1.96. The molecule has 0 bridgehead atoms. The highest BCUT2D eigenvalue weighted by atomic mass is 16.3. The van der Waals surface area contributed by atoms with Crippen molar-refractivity contribution in [3.05, 3.63) is 24.0 Å². The first-order valence-electron chi connectivity index (χ1n) is 3.59. The van der Waals surface area contributed by atoms with Crippen LogP contribution in [0.3, 0.4) is 0 Å². The van der Waals surface area contributed by atoms with Crippen molar-refractivity contribution >= 4 is 0 Å². The van der Waals surface area contributed by atoms with E-state index in [1.165, 1.54) is 5.56 Å². The maximum atomic E-state index is 8.94. The number of hydrogen-bond donors (Lipinski definition) is 2. The standard InChI is InChI=1S/C8H13NO/c1-7(10)2-3-8-4-5-9-6-8/h4-7,9-10H,2-3H2,1H3/t7-/m0/s1. The van der Waals surface area contributed by atoms with Crippen LogP contribution in [0, 0.1) is 0 Å². The lowest BCUT2D eigenvalue weighted by molar-refractivity contribution is 0.185. The Morgan fingerprint density at radius 2 is 2.50 bits per heavy atom. The molecule has 0 saturated heterocycles. The Balaban J connectivity index is 2.28. The van der Waals surface area contributed by atoms with Crippen LogP contribution >= 0.6 is 0 Å². The van der Waals surface area contributed by atoms with Crippen molar-refractivity contribution in [3.63, 3.8) is 0 Å². The largest absolute Gasteiger partial charge is 0.393 e. The van der Waals surface area contributed by atoms with Gasteiger partial charge in [-0.25, -0.2) is 0 Å². The Labute approximate surface area is 60.9 Å². The molecule has 1 heterocycles. The first kappa shape index (κ1) is 7.35. The van der Waals surface area contributed by atoms with Crippen LogP contribution in [0.4, 0.5) is 0 Å². The first-order valence-corrected chi connectivity index (χ1v) is 3.59. The Kier molecular flexibility index (Phi) is 2.51. The number of hydrogen-bond acceptors (Lipinski definition) is 1. The summed E-state index contributed by atoms with van der Waals surface area (Å²) in [5, 5.41) is 8.94. The molecule has 0 unspecified atom stereocenters. The molecule has 0 radical (unpaired) electrons. The molecule has 0 aromatic carbocycles. The minimum atomic E-state index is -0.185. The number of aliphatic hydroxyl groups is 1. The lowest BCUT2D eigenvalue weighted by atomic mass is 10.1. The Morgan fingerprint density at radius 1 is 1.70 bits per heavy atom. The smallest absolute Gasteiger partial charge is 0.0515 e. The topological polar surface area (TPSA) is 36.0 Å². The van der Waals surface area contributed by atoms with Gasteiger partial charge in [0.15, 0.2) is 0 Å². The van der Waals surface area contributed by atoms with Gasteiger partial charge in [0, 0.05) is 12.4 Å². The lowest BCUT2D eigenvalue weighted by Crippen LogP contribution is -2.00. The molecule has 2 N–H and O–H groups in total. The van der Waals surface area contributed by atoms with Gasteiger partial charge in [-0.05, 0) is 31.4 Å². The average Bonchev–Trinajstić information content (AvgIpc) is 2.34. The van der Waals surface area contributed by atoms with E-state index < -0.39 is 0 Å². The van der Waals surface area contributed by atoms with Crippen LogP contribution in [-0.2, 0) is 6.42 Å². The minimum Gasteiger partial charge on any atom is -0.393 e. The van der Waals surface area contributed by atoms with E-state index in [1.54, 1.807) is 0 Å². The van der Waals surface area contributed by atoms with Crippen LogP contribution in [0.15, 0.2) is 18.5 Å². The minimum absolute atomic E-state index is 0.185. The zero-order valence-corrected chi connectivity index (χ0v) is 6.17. The van der Waals surface area contributed by atoms with E-state index in [-0.39, 0.29) is 6.10 Å². The highest BCUT2D eigenvalue weighted by Crippen LogP contribution is 2.02. The van der Waals surface area contributed by atoms with Gasteiger partial charge in [-0.1, -0.05) is 0 Å². The summed E-state index contributed by atoms with van der Waals surface area (Å²) >= 11 is 0. The summed E-state index contributed by atoms with van der Waals surface area (Å²) in [7, 11) is 0. The molecule has 0 fully saturated rings. The summed E-state index contributed by atoms with van der Waals surface area (Å²) in [5.74, 6) is 0. The number of nitrogens with one attached hydrogen (secondary N) is 1. The third-order valence-corrected chi connectivity index (χ3v) is 1.51. The SMILES string of the molecule is C[C@H](O)CCc1cc[nH]c1. The molecule has 0 amide bonds. The van der Waals surface area contributed by atoms with E-state index in [0.717, 1.165) is 12.8 Å². The maximum absolute atomic E-state index is 8.94. The van der Waals surface area contributed by atoms with Gasteiger partial charge in [-0.3, -0.25) is 0 Å². The van der Waals surface area contributed by atoms with Crippen molar-refractivity contribution in [1.29, 1.82) is 0 Å². The predicted molar refractivity (Wildman–Crippen MR) is 40.8 cm³/mol. The fourth-order valence-corrected chi connectivity index (χ4v) is 0.889. The second-order valence-corrected chi connectivity index (χ2v) is 2.61. The number of H-pyrrole nitrogens is 1. The summed E-state index contributed by atoms with van der Waals surface area (Å²) in [6.45, 7) is 1.81. The lowest BCUT2D eigenvalue weighted by Gasteiger charge is -2.00. The van der Waals surface area contributed by atoms with Crippen LogP contribution in [0.1, 0.15) is 18.9 Å². The van der Waals surface area contributed by atoms with Crippen molar-refractivity contribution in [3.8, 4) is 0 Å². The molecule has 0 aliphatic heterocycles. The molecule has 56 valence electrons. The molecule has 1 aromatic heterocycles. The zero-order valence-electron chi connectivity index (χ0n) is 6.17. The molecule has 0 saturated carbocycles. The molecule has 2 heteroatoms. The Morgan fingerprint density at radius 3 is 3.00 bits per heavy atom. The van der Waals surface area contributed by atoms with E-state index in [2.05, 4.69) is 4.98 Å². The van der Waals surface area contributed by atoms with Crippen LogP contribution < -0.4 is 0 Å². The van der Waals surface area contributed by atoms with Gasteiger partial charge in [-0.15, -0.1) is 0 Å². The molecular formula is C8H13NO. The molecule has 10 heavy (non-hydrogen) atoms. The van der Waals surface area contributed by atoms with Crippen molar-refractivity contribution < 1.29 is 5.11 Å². The molecule has 0 spiro atoms. The predicted octanol–water partition coefficient (Wildman–Crippen LogP) is 1.33. The van der Waals surface area contributed by atoms with E-state index in [1.807, 2.05) is 25.4 Å². The van der Waals surface area contributed by atoms with Crippen LogP contribution in [0.2, 0.25) is 0 Å². The molecule has 1 aromatic rings. The van der Waals surface area contributed by atoms with Gasteiger partial charge in [0.05, 0.1) is 6.10 Å². The number of aliphatic hydroxyl groups excluding tert-OH is 1. The van der Waals surface area contributed by atoms with E-state index in [9.17, 15) is 0 Å². The van der Waals surface area contributed by atoms with Crippen molar-refractivity contribution in [2.45, 2.75) is 25.9 Å². The fraction of sp³-hybridized carbons (Fsp3) is 0.500. The highest BCUT2D eigenvalue weighted by molar-refractivity contribution is 5.08. The van der Waals surface area contributed by atoms with Gasteiger partial charge in [0.2, 0.25) is 0 Å². The van der Waals surface area contributed by atoms with Crippen LogP contribution in [0.25, 0.3) is 0 Å². The third-order valence-electron chi connectivity index (χ3n) is 1.51. The summed E-state index contributed by atoms with van der Waals surface area (Å²) < 4.78 is 0. The molecule has 0 aliphatic rings. The molecular weight excluding hydrogens is 126 g/mol. The third kappa shape index (κ3) is 2.23. The van der Waals surface area contributed by atoms with Crippen LogP contribution in [-0.4, -0.2) is 16.2 Å². The molecule has 1 atom stereocenters. The Bertz CT molecular complexity index is 167. The normalized spacial score (nSPS) is 13.4. The second kappa shape index (κ2) is 3.42. The van der Waals surface area contributed by atoms with Gasteiger partial charge >= 0.3 is 0 Å². The maximum Gasteiger partial charge on any atom is 0.0515 e. The van der Waals surface area contributed by atoms with Crippen molar-refractivity contribution in [2.24, 2.45) is 0 Å². The number of rotatable bonds is 3. The van der Waals surface area contributed by atoms with Crippen LogP contribution in [0.5, 0.6) is 0 Å². The number of aryl methyl sites for hydroxylation is 1. The number of aromatic amines is 1. The van der Waals surface area contributed by atoms with Gasteiger partial charge in [0.25, 0.3) is 0 Å². The summed E-state index contributed by atoms with van der Waals surface area (Å²) in [6, 6.07) is 2.03. The van der Waals surface area contributed by atoms with Crippen molar-refractivity contribution in [2.75, 3.05) is 0 Å². The quantitative estimate of drug-likeness (QED) is 0.651. The van der Waals surface area contributed by atoms with E-state index >= 15 is 0 Å². The van der Waals surface area contributed by atoms with Gasteiger partial charge < -0.3 is 10.1 Å². The zero-order chi connectivity index (χ0) is 7.40. The summed E-state index contributed by atoms with van der Waals surface area (Å²) in [5.41, 5.74) is 1.26. The monoisotopic (exact) mass is 139 g/mol. The summed E-state index contributed by atoms with van der Waals surface area (Å²) in [6.07, 6.45) is 5.48. The average molecular weight is 139 g/mol. The Hall–Kier alpha value is -0.760. The number of aromatic nitrogens is 1. The molecule has 2 nitrogen and oxygen atoms in total. The molecule has 1 rings (SSSR count). The second-order valence-electron chi connectivity index (χ2n) is 2.61. The van der Waals surface area contributed by atoms with E-state index in [4.69, 9.17) is 5.11 Å². The fourth-order valence-electron chi connectivity index (χ4n) is 0.889. The summed E-state index contributed by atoms with van der Waals surface area (Å²) in [4.78, 5) is 2.97. The first-order chi connectivity index (χ1) is 4.79. The van der Waals surface area contributed by atoms with E-state index in [0.29, 0.717) is 0 Å². The van der Waals surface area contributed by atoms with Crippen molar-refractivity contribution in [1.82, 2.24) is 4.98 Å². The van der Waals surface area contributed by atoms with Gasteiger partial charge in [0.1, 0.15) is 0 Å². The molecule has 0 aliphatic carbocycles.